The minimum atomic E-state index is -1.07. The lowest BCUT2D eigenvalue weighted by molar-refractivity contribution is -0.137. The third kappa shape index (κ3) is 6.02. The summed E-state index contributed by atoms with van der Waals surface area (Å²) in [6.45, 7) is 0.152. The Morgan fingerprint density at radius 2 is 1.90 bits per heavy atom. The average molecular weight is 537 g/mol. The van der Waals surface area contributed by atoms with Gasteiger partial charge in [-0.05, 0) is 48.6 Å². The summed E-state index contributed by atoms with van der Waals surface area (Å²) in [6, 6.07) is 12.9. The van der Waals surface area contributed by atoms with Gasteiger partial charge in [0.15, 0.2) is 0 Å². The predicted molar refractivity (Wildman–Crippen MR) is 145 cm³/mol. The van der Waals surface area contributed by atoms with Crippen LogP contribution >= 0.6 is 0 Å². The molecule has 0 spiro atoms. The van der Waals surface area contributed by atoms with E-state index in [0.717, 1.165) is 30.4 Å². The van der Waals surface area contributed by atoms with Crippen LogP contribution in [0.4, 0.5) is 4.39 Å². The fraction of sp³-hybridized carbons (Fsp3) is 0.484. The van der Waals surface area contributed by atoms with E-state index in [4.69, 9.17) is 4.74 Å². The lowest BCUT2D eigenvalue weighted by Gasteiger charge is -2.41. The summed E-state index contributed by atoms with van der Waals surface area (Å²) in [6.07, 6.45) is 6.09. The average Bonchev–Trinajstić information content (AvgIpc) is 3.60. The molecule has 1 saturated carbocycles. The molecule has 0 unspecified atom stereocenters. The summed E-state index contributed by atoms with van der Waals surface area (Å²) in [5, 5.41) is 23.6. The second-order valence-electron chi connectivity index (χ2n) is 10.8. The molecule has 0 saturated heterocycles. The number of carbonyl (C=O) groups excluding carboxylic acids is 2. The molecule has 2 aliphatic carbocycles. The Morgan fingerprint density at radius 1 is 1.10 bits per heavy atom. The van der Waals surface area contributed by atoms with Crippen molar-refractivity contribution in [2.75, 3.05) is 19.7 Å². The zero-order chi connectivity index (χ0) is 27.4. The van der Waals surface area contributed by atoms with E-state index in [1.165, 1.54) is 25.0 Å². The largest absolute Gasteiger partial charge is 0.486 e. The molecule has 3 aliphatic rings. The van der Waals surface area contributed by atoms with E-state index in [1.807, 2.05) is 30.3 Å². The standard InChI is InChI=1S/C31H37FN2O5/c32-22-9-5-8-21(18-22)14-16-34(27(36)13-12-20-6-1-2-7-20)25-19-24(31(38)33-15-17-35)28-23-10-3-4-11-26(23)39-30(28)29(25)37/h3-5,8-11,18-20,25,28-30,35,37H,1-2,6-7,12-17H2,(H,33,38)/t25-,28+,29+,30+/m1/s1. The van der Waals surface area contributed by atoms with Gasteiger partial charge in [0.2, 0.25) is 11.8 Å². The van der Waals surface area contributed by atoms with Gasteiger partial charge in [-0.3, -0.25) is 9.59 Å². The molecular formula is C31H37FN2O5. The molecule has 2 aromatic rings. The Kier molecular flexibility index (Phi) is 8.63. The number of carbonyl (C=O) groups is 2. The van der Waals surface area contributed by atoms with Crippen molar-refractivity contribution in [2.24, 2.45) is 5.92 Å². The Hall–Kier alpha value is -3.23. The highest BCUT2D eigenvalue weighted by atomic mass is 19.1. The fourth-order valence-electron chi connectivity index (χ4n) is 6.34. The van der Waals surface area contributed by atoms with Crippen molar-refractivity contribution in [1.82, 2.24) is 10.2 Å². The van der Waals surface area contributed by atoms with Gasteiger partial charge >= 0.3 is 0 Å². The smallest absolute Gasteiger partial charge is 0.247 e. The second kappa shape index (κ2) is 12.3. The van der Waals surface area contributed by atoms with Crippen LogP contribution in [0, 0.1) is 11.7 Å². The zero-order valence-electron chi connectivity index (χ0n) is 22.1. The molecule has 1 heterocycles. The van der Waals surface area contributed by atoms with E-state index in [-0.39, 0.29) is 37.3 Å². The molecule has 5 rings (SSSR count). The van der Waals surface area contributed by atoms with E-state index in [1.54, 1.807) is 17.0 Å². The number of aliphatic hydroxyl groups is 2. The molecule has 2 aromatic carbocycles. The van der Waals surface area contributed by atoms with E-state index in [9.17, 15) is 24.2 Å². The number of rotatable bonds is 10. The first-order chi connectivity index (χ1) is 19.0. The Balaban J connectivity index is 1.46. The monoisotopic (exact) mass is 536 g/mol. The quantitative estimate of drug-likeness (QED) is 0.432. The van der Waals surface area contributed by atoms with Crippen LogP contribution in [0.3, 0.4) is 0 Å². The number of halogens is 1. The van der Waals surface area contributed by atoms with Crippen molar-refractivity contribution in [2.45, 2.75) is 69.1 Å². The number of fused-ring (bicyclic) bond motifs is 3. The second-order valence-corrected chi connectivity index (χ2v) is 10.8. The highest BCUT2D eigenvalue weighted by molar-refractivity contribution is 5.96. The number of ether oxygens (including phenoxy) is 1. The van der Waals surface area contributed by atoms with E-state index >= 15 is 0 Å². The van der Waals surface area contributed by atoms with Gasteiger partial charge < -0.3 is 25.2 Å². The van der Waals surface area contributed by atoms with Gasteiger partial charge in [-0.15, -0.1) is 0 Å². The minimum Gasteiger partial charge on any atom is -0.486 e. The van der Waals surface area contributed by atoms with Gasteiger partial charge in [-0.1, -0.05) is 56.0 Å². The summed E-state index contributed by atoms with van der Waals surface area (Å²) in [5.74, 6) is -0.158. The molecule has 39 heavy (non-hydrogen) atoms. The minimum absolute atomic E-state index is 0.0902. The Labute approximate surface area is 228 Å². The SMILES string of the molecule is O=C(NCCO)C1=C[C@@H](N(CCc2cccc(F)c2)C(=O)CCC2CCCC2)[C@H](O)[C@H]2Oc3ccccc3[C@@H]12. The maximum Gasteiger partial charge on any atom is 0.247 e. The molecule has 0 aromatic heterocycles. The van der Waals surface area contributed by atoms with Crippen molar-refractivity contribution in [3.63, 3.8) is 0 Å². The molecule has 1 fully saturated rings. The topological polar surface area (TPSA) is 99.1 Å². The molecule has 3 N–H and O–H groups in total. The molecule has 0 radical (unpaired) electrons. The highest BCUT2D eigenvalue weighted by Crippen LogP contribution is 2.47. The summed E-state index contributed by atoms with van der Waals surface area (Å²) < 4.78 is 20.1. The fourth-order valence-corrected chi connectivity index (χ4v) is 6.34. The summed E-state index contributed by atoms with van der Waals surface area (Å²) in [4.78, 5) is 28.7. The van der Waals surface area contributed by atoms with Crippen LogP contribution in [-0.2, 0) is 16.0 Å². The number of nitrogens with zero attached hydrogens (tertiary/aromatic N) is 1. The van der Waals surface area contributed by atoms with Crippen LogP contribution in [0.25, 0.3) is 0 Å². The van der Waals surface area contributed by atoms with Crippen molar-refractivity contribution < 1.29 is 28.9 Å². The normalized spacial score (nSPS) is 23.9. The van der Waals surface area contributed by atoms with Gasteiger partial charge in [0.25, 0.3) is 0 Å². The number of hydrogen-bond acceptors (Lipinski definition) is 5. The molecule has 208 valence electrons. The molecular weight excluding hydrogens is 499 g/mol. The molecule has 1 aliphatic heterocycles. The maximum absolute atomic E-state index is 13.9. The first-order valence-corrected chi connectivity index (χ1v) is 14.0. The van der Waals surface area contributed by atoms with Gasteiger partial charge in [0, 0.05) is 30.6 Å². The molecule has 4 atom stereocenters. The Bertz CT molecular complexity index is 1210. The zero-order valence-corrected chi connectivity index (χ0v) is 22.1. The van der Waals surface area contributed by atoms with Gasteiger partial charge in [-0.2, -0.15) is 0 Å². The summed E-state index contributed by atoms with van der Waals surface area (Å²) in [7, 11) is 0. The van der Waals surface area contributed by atoms with Crippen LogP contribution in [0.2, 0.25) is 0 Å². The lowest BCUT2D eigenvalue weighted by Crippen LogP contribution is -2.56. The van der Waals surface area contributed by atoms with Crippen molar-refractivity contribution in [3.05, 3.63) is 77.1 Å². The first-order valence-electron chi connectivity index (χ1n) is 14.0. The first kappa shape index (κ1) is 27.3. The number of amides is 2. The van der Waals surface area contributed by atoms with Crippen molar-refractivity contribution in [1.29, 1.82) is 0 Å². The summed E-state index contributed by atoms with van der Waals surface area (Å²) in [5.41, 5.74) is 1.97. The Morgan fingerprint density at radius 3 is 2.67 bits per heavy atom. The number of benzene rings is 2. The number of para-hydroxylation sites is 1. The molecule has 0 bridgehead atoms. The molecule has 2 amide bonds. The van der Waals surface area contributed by atoms with Crippen LogP contribution in [0.5, 0.6) is 5.75 Å². The number of aliphatic hydroxyl groups excluding tert-OH is 2. The van der Waals surface area contributed by atoms with Gasteiger partial charge in [-0.25, -0.2) is 4.39 Å². The van der Waals surface area contributed by atoms with E-state index < -0.39 is 24.2 Å². The summed E-state index contributed by atoms with van der Waals surface area (Å²) >= 11 is 0. The van der Waals surface area contributed by atoms with Crippen LogP contribution in [0.15, 0.2) is 60.2 Å². The van der Waals surface area contributed by atoms with E-state index in [0.29, 0.717) is 30.1 Å². The number of hydrogen-bond donors (Lipinski definition) is 3. The molecule has 8 heteroatoms. The third-order valence-electron chi connectivity index (χ3n) is 8.33. The predicted octanol–water partition coefficient (Wildman–Crippen LogP) is 3.49. The van der Waals surface area contributed by atoms with E-state index in [2.05, 4.69) is 5.32 Å². The van der Waals surface area contributed by atoms with Crippen molar-refractivity contribution in [3.8, 4) is 5.75 Å². The highest BCUT2D eigenvalue weighted by Gasteiger charge is 2.50. The van der Waals surface area contributed by atoms with Crippen LogP contribution in [-0.4, -0.2) is 64.9 Å². The third-order valence-corrected chi connectivity index (χ3v) is 8.33. The van der Waals surface area contributed by atoms with Gasteiger partial charge in [0.05, 0.1) is 18.6 Å². The van der Waals surface area contributed by atoms with Crippen LogP contribution < -0.4 is 10.1 Å². The van der Waals surface area contributed by atoms with Crippen molar-refractivity contribution >= 4 is 11.8 Å². The maximum atomic E-state index is 13.9. The molecule has 7 nitrogen and oxygen atoms in total. The lowest BCUT2D eigenvalue weighted by atomic mass is 9.77. The van der Waals surface area contributed by atoms with Gasteiger partial charge in [0.1, 0.15) is 23.8 Å². The van der Waals surface area contributed by atoms with Crippen LogP contribution in [0.1, 0.15) is 55.6 Å². The number of nitrogens with one attached hydrogen (secondary N) is 1.